The Balaban J connectivity index is 0.000000315. The fourth-order valence-corrected chi connectivity index (χ4v) is 3.30. The molecule has 3 rings (SSSR count). The first kappa shape index (κ1) is 24.6. The molecule has 158 valence electrons. The maximum Gasteiger partial charge on any atom is 0.225 e. The van der Waals surface area contributed by atoms with Crippen LogP contribution in [0, 0.1) is 5.92 Å². The van der Waals surface area contributed by atoms with E-state index in [1.54, 1.807) is 31.1 Å². The Morgan fingerprint density at radius 1 is 1.07 bits per heavy atom. The molecule has 0 radical (unpaired) electrons. The molecule has 2 aromatic carbocycles. The van der Waals surface area contributed by atoms with Crippen molar-refractivity contribution in [2.24, 2.45) is 5.92 Å². The number of hydrogen-bond donors (Lipinski definition) is 2. The predicted octanol–water partition coefficient (Wildman–Crippen LogP) is 5.47. The molecule has 3 heteroatoms. The standard InChI is InChI=1S/C15H21NO2.C9H10.C2H6/c1-4-8-13(14(17)16-15(2,3)18)11-12-9-6-5-7-10-12;1-2-5-9-7-3-6-8(9)4-1;1-2/h4-7,9-10,13,18H,1,8,11H2,2-3H3,(H,16,17);1-2,4-5H,3,6-7H2;1-2H3. The monoisotopic (exact) mass is 395 g/mol. The molecule has 29 heavy (non-hydrogen) atoms. The van der Waals surface area contributed by atoms with Crippen LogP contribution in [0.25, 0.3) is 0 Å². The topological polar surface area (TPSA) is 49.3 Å². The number of benzene rings is 2. The van der Waals surface area contributed by atoms with Gasteiger partial charge in [-0.05, 0) is 62.6 Å². The van der Waals surface area contributed by atoms with E-state index in [4.69, 9.17) is 0 Å². The van der Waals surface area contributed by atoms with E-state index in [1.807, 2.05) is 44.2 Å². The molecule has 0 saturated carbocycles. The van der Waals surface area contributed by atoms with Gasteiger partial charge < -0.3 is 10.4 Å². The number of aryl methyl sites for hydroxylation is 2. The van der Waals surface area contributed by atoms with E-state index in [0.29, 0.717) is 12.8 Å². The smallest absolute Gasteiger partial charge is 0.225 e. The van der Waals surface area contributed by atoms with Gasteiger partial charge in [0.15, 0.2) is 0 Å². The molecule has 3 nitrogen and oxygen atoms in total. The maximum atomic E-state index is 12.0. The van der Waals surface area contributed by atoms with Gasteiger partial charge in [0.2, 0.25) is 5.91 Å². The summed E-state index contributed by atoms with van der Waals surface area (Å²) in [5, 5.41) is 12.2. The van der Waals surface area contributed by atoms with Crippen LogP contribution in [0.5, 0.6) is 0 Å². The first-order valence-corrected chi connectivity index (χ1v) is 10.6. The van der Waals surface area contributed by atoms with Crippen LogP contribution in [0.2, 0.25) is 0 Å². The van der Waals surface area contributed by atoms with Gasteiger partial charge in [0.25, 0.3) is 0 Å². The highest BCUT2D eigenvalue weighted by atomic mass is 16.3. The Hall–Kier alpha value is -2.39. The minimum absolute atomic E-state index is 0.147. The van der Waals surface area contributed by atoms with Crippen molar-refractivity contribution in [2.45, 2.75) is 65.5 Å². The summed E-state index contributed by atoms with van der Waals surface area (Å²) in [6, 6.07) is 18.6. The average Bonchev–Trinajstić information content (AvgIpc) is 3.18. The molecule has 0 fully saturated rings. The number of carbonyl (C=O) groups excluding carboxylic acids is 1. The SMILES string of the molecule is C=CCC(Cc1ccccc1)C(=O)NC(C)(C)O.CC.c1ccc2c(c1)CCC2. The van der Waals surface area contributed by atoms with E-state index >= 15 is 0 Å². The second kappa shape index (κ2) is 12.9. The van der Waals surface area contributed by atoms with Crippen LogP contribution in [0.3, 0.4) is 0 Å². The minimum atomic E-state index is -1.19. The van der Waals surface area contributed by atoms with E-state index in [2.05, 4.69) is 36.2 Å². The van der Waals surface area contributed by atoms with Crippen molar-refractivity contribution < 1.29 is 9.90 Å². The van der Waals surface area contributed by atoms with Gasteiger partial charge in [-0.15, -0.1) is 6.58 Å². The van der Waals surface area contributed by atoms with Gasteiger partial charge in [0.1, 0.15) is 5.72 Å². The minimum Gasteiger partial charge on any atom is -0.372 e. The Morgan fingerprint density at radius 2 is 1.59 bits per heavy atom. The lowest BCUT2D eigenvalue weighted by Gasteiger charge is -2.23. The Morgan fingerprint density at radius 3 is 2.07 bits per heavy atom. The van der Waals surface area contributed by atoms with Gasteiger partial charge in [-0.3, -0.25) is 4.79 Å². The number of aliphatic hydroxyl groups is 1. The van der Waals surface area contributed by atoms with E-state index in [1.165, 1.54) is 19.3 Å². The van der Waals surface area contributed by atoms with Crippen LogP contribution in [0.1, 0.15) is 57.2 Å². The lowest BCUT2D eigenvalue weighted by molar-refractivity contribution is -0.130. The van der Waals surface area contributed by atoms with Crippen LogP contribution in [-0.4, -0.2) is 16.7 Å². The van der Waals surface area contributed by atoms with Crippen molar-refractivity contribution in [3.63, 3.8) is 0 Å². The van der Waals surface area contributed by atoms with Crippen molar-refractivity contribution in [3.05, 3.63) is 83.9 Å². The Kier molecular flexibility index (Phi) is 11.0. The molecule has 0 bridgehead atoms. The van der Waals surface area contributed by atoms with Crippen LogP contribution in [-0.2, 0) is 24.1 Å². The van der Waals surface area contributed by atoms with Crippen LogP contribution in [0.15, 0.2) is 67.3 Å². The third-order valence-corrected chi connectivity index (χ3v) is 4.59. The lowest BCUT2D eigenvalue weighted by atomic mass is 9.95. The number of amides is 1. The van der Waals surface area contributed by atoms with Gasteiger partial charge in [-0.2, -0.15) is 0 Å². The molecule has 2 N–H and O–H groups in total. The van der Waals surface area contributed by atoms with Gasteiger partial charge in [-0.1, -0.05) is 74.5 Å². The maximum absolute atomic E-state index is 12.0. The molecule has 0 spiro atoms. The summed E-state index contributed by atoms with van der Waals surface area (Å²) < 4.78 is 0. The fourth-order valence-electron chi connectivity index (χ4n) is 3.30. The molecule has 2 aromatic rings. The van der Waals surface area contributed by atoms with Gasteiger partial charge >= 0.3 is 0 Å². The molecule has 0 aromatic heterocycles. The van der Waals surface area contributed by atoms with Gasteiger partial charge in [-0.25, -0.2) is 0 Å². The predicted molar refractivity (Wildman–Crippen MR) is 123 cm³/mol. The zero-order valence-electron chi connectivity index (χ0n) is 18.4. The summed E-state index contributed by atoms with van der Waals surface area (Å²) in [6.45, 7) is 10.8. The summed E-state index contributed by atoms with van der Waals surface area (Å²) in [5.74, 6) is -0.345. The number of fused-ring (bicyclic) bond motifs is 1. The Labute approximate surface area is 176 Å². The second-order valence-electron chi connectivity index (χ2n) is 7.58. The highest BCUT2D eigenvalue weighted by Crippen LogP contribution is 2.20. The molecule has 0 saturated heterocycles. The first-order valence-electron chi connectivity index (χ1n) is 10.6. The fraction of sp³-hybridized carbons (Fsp3) is 0.423. The average molecular weight is 396 g/mol. The molecule has 1 amide bonds. The van der Waals surface area contributed by atoms with Crippen molar-refractivity contribution in [1.29, 1.82) is 0 Å². The normalized spacial score (nSPS) is 13.0. The Bertz CT molecular complexity index is 709. The summed E-state index contributed by atoms with van der Waals surface area (Å²) in [4.78, 5) is 12.0. The van der Waals surface area contributed by atoms with E-state index in [0.717, 1.165) is 5.56 Å². The zero-order valence-corrected chi connectivity index (χ0v) is 18.4. The molecule has 1 aliphatic rings. The molecule has 1 aliphatic carbocycles. The largest absolute Gasteiger partial charge is 0.372 e. The van der Waals surface area contributed by atoms with Crippen LogP contribution in [0.4, 0.5) is 0 Å². The van der Waals surface area contributed by atoms with Crippen molar-refractivity contribution in [1.82, 2.24) is 5.32 Å². The van der Waals surface area contributed by atoms with Crippen LogP contribution < -0.4 is 5.32 Å². The summed E-state index contributed by atoms with van der Waals surface area (Å²) >= 11 is 0. The molecular formula is C26H37NO2. The van der Waals surface area contributed by atoms with Crippen molar-refractivity contribution in [3.8, 4) is 0 Å². The highest BCUT2D eigenvalue weighted by Gasteiger charge is 2.23. The van der Waals surface area contributed by atoms with Crippen molar-refractivity contribution >= 4 is 5.91 Å². The summed E-state index contributed by atoms with van der Waals surface area (Å²) in [5.41, 5.74) is 3.05. The third kappa shape index (κ3) is 9.58. The van der Waals surface area contributed by atoms with E-state index in [9.17, 15) is 9.90 Å². The number of nitrogens with one attached hydrogen (secondary N) is 1. The molecule has 1 atom stereocenters. The molecule has 0 aliphatic heterocycles. The number of rotatable bonds is 6. The molecular weight excluding hydrogens is 358 g/mol. The number of hydrogen-bond acceptors (Lipinski definition) is 2. The third-order valence-electron chi connectivity index (χ3n) is 4.59. The van der Waals surface area contributed by atoms with Crippen LogP contribution >= 0.6 is 0 Å². The molecule has 1 unspecified atom stereocenters. The summed E-state index contributed by atoms with van der Waals surface area (Å²) in [6.07, 6.45) is 6.94. The number of carbonyl (C=O) groups is 1. The van der Waals surface area contributed by atoms with E-state index in [-0.39, 0.29) is 11.8 Å². The van der Waals surface area contributed by atoms with Crippen molar-refractivity contribution in [2.75, 3.05) is 0 Å². The lowest BCUT2D eigenvalue weighted by Crippen LogP contribution is -2.46. The second-order valence-corrected chi connectivity index (χ2v) is 7.58. The first-order chi connectivity index (χ1) is 13.9. The highest BCUT2D eigenvalue weighted by molar-refractivity contribution is 5.79. The van der Waals surface area contributed by atoms with Gasteiger partial charge in [0, 0.05) is 5.92 Å². The quantitative estimate of drug-likeness (QED) is 0.503. The van der Waals surface area contributed by atoms with Gasteiger partial charge in [0.05, 0.1) is 0 Å². The number of allylic oxidation sites excluding steroid dienone is 1. The van der Waals surface area contributed by atoms with E-state index < -0.39 is 5.72 Å². The summed E-state index contributed by atoms with van der Waals surface area (Å²) in [7, 11) is 0. The zero-order chi connectivity index (χ0) is 21.7. The molecule has 0 heterocycles.